The minimum absolute atomic E-state index is 1.17. The summed E-state index contributed by atoms with van der Waals surface area (Å²) in [5.41, 5.74) is 20.7. The van der Waals surface area contributed by atoms with Crippen molar-refractivity contribution in [1.29, 1.82) is 0 Å². The average molecular weight is 828 g/mol. The molecule has 0 bridgehead atoms. The first kappa shape index (κ1) is 38.4. The SMILES string of the molecule is Cc1ccc(-c2ccc3c(-c4ccc(-c5ccc(-c6ccc7c(c6)c6ccccc6n7-c6ccccc6)cc5)cc4)c4cc(-c5ccc(C)cc5)ccc4c(-c4ccccc4)c3c2)cc1. The van der Waals surface area contributed by atoms with Gasteiger partial charge in [0.2, 0.25) is 0 Å². The third-order valence-corrected chi connectivity index (χ3v) is 13.4. The van der Waals surface area contributed by atoms with Crippen LogP contribution in [0.15, 0.2) is 237 Å². The molecule has 1 aromatic heterocycles. The van der Waals surface area contributed by atoms with Crippen LogP contribution in [-0.4, -0.2) is 4.57 Å². The molecule has 0 saturated heterocycles. The molecule has 0 saturated carbocycles. The van der Waals surface area contributed by atoms with Crippen LogP contribution in [0.4, 0.5) is 0 Å². The van der Waals surface area contributed by atoms with E-state index in [9.17, 15) is 0 Å². The van der Waals surface area contributed by atoms with Gasteiger partial charge in [-0.3, -0.25) is 0 Å². The van der Waals surface area contributed by atoms with Crippen LogP contribution in [0.5, 0.6) is 0 Å². The summed E-state index contributed by atoms with van der Waals surface area (Å²) >= 11 is 0. The molecule has 0 aliphatic rings. The molecule has 0 N–H and O–H groups in total. The van der Waals surface area contributed by atoms with Crippen molar-refractivity contribution in [3.05, 3.63) is 248 Å². The predicted molar refractivity (Wildman–Crippen MR) is 278 cm³/mol. The number of aromatic nitrogens is 1. The summed E-state index contributed by atoms with van der Waals surface area (Å²) in [6.07, 6.45) is 0. The molecule has 1 heterocycles. The van der Waals surface area contributed by atoms with Crippen LogP contribution in [0.2, 0.25) is 0 Å². The maximum absolute atomic E-state index is 2.42. The van der Waals surface area contributed by atoms with E-state index in [-0.39, 0.29) is 0 Å². The number of benzene rings is 11. The fraction of sp³-hybridized carbons (Fsp3) is 0.0312. The lowest BCUT2D eigenvalue weighted by Gasteiger charge is -2.20. The van der Waals surface area contributed by atoms with Crippen LogP contribution < -0.4 is 0 Å². The first-order valence-electron chi connectivity index (χ1n) is 22.6. The van der Waals surface area contributed by atoms with Crippen LogP contribution in [0.1, 0.15) is 11.1 Å². The van der Waals surface area contributed by atoms with Crippen molar-refractivity contribution < 1.29 is 0 Å². The number of rotatable bonds is 7. The standard InChI is InChI=1S/C64H45N/c1-42-17-21-46(22-18-42)51-34-37-57-59(40-51)63(49-11-5-3-6-12-49)56-36-33-52(47-23-19-43(2)20-24-47)41-60(56)64(57)50-31-29-45(30-32-50)44-25-27-48(28-26-44)53-35-38-62-58(39-53)55-15-9-10-16-61(55)65(62)54-13-7-4-8-14-54/h3-41H,1-2H3. The second kappa shape index (κ2) is 15.8. The molecule has 0 aliphatic carbocycles. The summed E-state index contributed by atoms with van der Waals surface area (Å²) in [4.78, 5) is 0. The van der Waals surface area contributed by atoms with Gasteiger partial charge in [0.25, 0.3) is 0 Å². The van der Waals surface area contributed by atoms with E-state index in [1.165, 1.54) is 127 Å². The van der Waals surface area contributed by atoms with Crippen molar-refractivity contribution in [3.63, 3.8) is 0 Å². The molecule has 0 spiro atoms. The van der Waals surface area contributed by atoms with Gasteiger partial charge in [-0.05, 0) is 145 Å². The minimum atomic E-state index is 1.17. The zero-order valence-electron chi connectivity index (χ0n) is 36.5. The molecule has 0 atom stereocenters. The Morgan fingerprint density at radius 1 is 0.231 bits per heavy atom. The number of fused-ring (bicyclic) bond motifs is 5. The highest BCUT2D eigenvalue weighted by atomic mass is 15.0. The van der Waals surface area contributed by atoms with E-state index >= 15 is 0 Å². The van der Waals surface area contributed by atoms with E-state index < -0.39 is 0 Å². The van der Waals surface area contributed by atoms with Crippen LogP contribution >= 0.6 is 0 Å². The Balaban J connectivity index is 0.969. The van der Waals surface area contributed by atoms with Crippen molar-refractivity contribution in [3.8, 4) is 72.4 Å². The van der Waals surface area contributed by atoms with E-state index in [0.717, 1.165) is 0 Å². The van der Waals surface area contributed by atoms with E-state index in [4.69, 9.17) is 0 Å². The molecule has 12 aromatic rings. The Morgan fingerprint density at radius 2 is 0.585 bits per heavy atom. The zero-order valence-corrected chi connectivity index (χ0v) is 36.5. The quantitative estimate of drug-likeness (QED) is 0.141. The van der Waals surface area contributed by atoms with Crippen LogP contribution in [0, 0.1) is 13.8 Å². The number of para-hydroxylation sites is 2. The second-order valence-corrected chi connectivity index (χ2v) is 17.4. The fourth-order valence-corrected chi connectivity index (χ4v) is 10.00. The van der Waals surface area contributed by atoms with Gasteiger partial charge in [0, 0.05) is 16.5 Å². The highest BCUT2D eigenvalue weighted by Crippen LogP contribution is 2.46. The topological polar surface area (TPSA) is 4.93 Å². The summed E-state index contributed by atoms with van der Waals surface area (Å²) in [5, 5.41) is 7.52. The monoisotopic (exact) mass is 827 g/mol. The molecular weight excluding hydrogens is 783 g/mol. The average Bonchev–Trinajstić information content (AvgIpc) is 3.70. The lowest BCUT2D eigenvalue weighted by molar-refractivity contribution is 1.18. The molecule has 12 rings (SSSR count). The van der Waals surface area contributed by atoms with Crippen molar-refractivity contribution in [2.24, 2.45) is 0 Å². The van der Waals surface area contributed by atoms with Gasteiger partial charge < -0.3 is 4.57 Å². The number of hydrogen-bond acceptors (Lipinski definition) is 0. The molecule has 0 aliphatic heterocycles. The Morgan fingerprint density at radius 3 is 1.11 bits per heavy atom. The van der Waals surface area contributed by atoms with E-state index in [1.54, 1.807) is 0 Å². The lowest BCUT2D eigenvalue weighted by atomic mass is 9.83. The van der Waals surface area contributed by atoms with Gasteiger partial charge >= 0.3 is 0 Å². The van der Waals surface area contributed by atoms with E-state index in [1.807, 2.05) is 0 Å². The lowest BCUT2D eigenvalue weighted by Crippen LogP contribution is -1.93. The Bertz CT molecular complexity index is 3710. The van der Waals surface area contributed by atoms with E-state index in [2.05, 4.69) is 255 Å². The predicted octanol–water partition coefficient (Wildman–Crippen LogP) is 17.7. The van der Waals surface area contributed by atoms with Gasteiger partial charge in [0.15, 0.2) is 0 Å². The second-order valence-electron chi connectivity index (χ2n) is 17.4. The normalized spacial score (nSPS) is 11.5. The summed E-state index contributed by atoms with van der Waals surface area (Å²) in [5.74, 6) is 0. The summed E-state index contributed by atoms with van der Waals surface area (Å²) in [7, 11) is 0. The Hall–Kier alpha value is -8.26. The molecule has 0 fully saturated rings. The molecule has 65 heavy (non-hydrogen) atoms. The minimum Gasteiger partial charge on any atom is -0.309 e. The van der Waals surface area contributed by atoms with Gasteiger partial charge in [-0.2, -0.15) is 0 Å². The molecular formula is C64H45N. The molecule has 0 amide bonds. The highest BCUT2D eigenvalue weighted by molar-refractivity contribution is 6.22. The highest BCUT2D eigenvalue weighted by Gasteiger charge is 2.19. The third kappa shape index (κ3) is 6.81. The maximum atomic E-state index is 2.42. The van der Waals surface area contributed by atoms with Gasteiger partial charge in [0.05, 0.1) is 11.0 Å². The summed E-state index contributed by atoms with van der Waals surface area (Å²) < 4.78 is 2.37. The largest absolute Gasteiger partial charge is 0.309 e. The van der Waals surface area contributed by atoms with Gasteiger partial charge in [-0.15, -0.1) is 0 Å². The van der Waals surface area contributed by atoms with Crippen LogP contribution in [-0.2, 0) is 0 Å². The number of nitrogens with zero attached hydrogens (tertiary/aromatic N) is 1. The molecule has 11 aromatic carbocycles. The molecule has 1 heteroatoms. The number of aryl methyl sites for hydroxylation is 2. The number of hydrogen-bond donors (Lipinski definition) is 0. The first-order chi connectivity index (χ1) is 32.0. The maximum Gasteiger partial charge on any atom is 0.0541 e. The van der Waals surface area contributed by atoms with Crippen molar-refractivity contribution >= 4 is 43.4 Å². The Kier molecular flexibility index (Phi) is 9.35. The van der Waals surface area contributed by atoms with Gasteiger partial charge in [-0.1, -0.05) is 205 Å². The molecule has 0 radical (unpaired) electrons. The summed E-state index contributed by atoms with van der Waals surface area (Å²) in [6, 6.07) is 87.4. The van der Waals surface area contributed by atoms with E-state index in [0.29, 0.717) is 0 Å². The van der Waals surface area contributed by atoms with Crippen molar-refractivity contribution in [2.75, 3.05) is 0 Å². The molecule has 1 nitrogen and oxygen atoms in total. The third-order valence-electron chi connectivity index (χ3n) is 13.4. The molecule has 306 valence electrons. The van der Waals surface area contributed by atoms with Crippen molar-refractivity contribution in [1.82, 2.24) is 4.57 Å². The van der Waals surface area contributed by atoms with Gasteiger partial charge in [0.1, 0.15) is 0 Å². The van der Waals surface area contributed by atoms with Gasteiger partial charge in [-0.25, -0.2) is 0 Å². The van der Waals surface area contributed by atoms with Crippen molar-refractivity contribution in [2.45, 2.75) is 13.8 Å². The van der Waals surface area contributed by atoms with Crippen LogP contribution in [0.25, 0.3) is 116 Å². The molecule has 0 unspecified atom stereocenters. The van der Waals surface area contributed by atoms with Crippen LogP contribution in [0.3, 0.4) is 0 Å². The zero-order chi connectivity index (χ0) is 43.4. The fourth-order valence-electron chi connectivity index (χ4n) is 10.00. The Labute approximate surface area is 380 Å². The smallest absolute Gasteiger partial charge is 0.0541 e. The summed E-state index contributed by atoms with van der Waals surface area (Å²) in [6.45, 7) is 4.30. The first-order valence-corrected chi connectivity index (χ1v) is 22.6.